The molecule has 162 valence electrons. The van der Waals surface area contributed by atoms with Crippen molar-refractivity contribution in [3.05, 3.63) is 47.0 Å². The van der Waals surface area contributed by atoms with Gasteiger partial charge in [-0.1, -0.05) is 6.07 Å². The zero-order valence-electron chi connectivity index (χ0n) is 18.0. The minimum atomic E-state index is -0.593. The fourth-order valence-corrected chi connectivity index (χ4v) is 4.50. The highest BCUT2D eigenvalue weighted by Gasteiger charge is 2.43. The van der Waals surface area contributed by atoms with Crippen molar-refractivity contribution in [1.29, 1.82) is 0 Å². The van der Waals surface area contributed by atoms with Crippen molar-refractivity contribution in [1.82, 2.24) is 14.9 Å². The van der Waals surface area contributed by atoms with E-state index in [0.29, 0.717) is 24.9 Å². The molecule has 2 aliphatic heterocycles. The molecule has 8 nitrogen and oxygen atoms in total. The van der Waals surface area contributed by atoms with Crippen LogP contribution in [-0.2, 0) is 0 Å². The molecule has 3 heterocycles. The molecule has 0 spiro atoms. The number of nitrogens with zero attached hydrogens (tertiary/aromatic N) is 7. The maximum atomic E-state index is 14.7. The predicted molar refractivity (Wildman–Crippen MR) is 119 cm³/mol. The van der Waals surface area contributed by atoms with Crippen molar-refractivity contribution in [2.24, 2.45) is 22.0 Å². The molecule has 2 aromatic rings. The first kappa shape index (κ1) is 20.9. The molecule has 2 atom stereocenters. The van der Waals surface area contributed by atoms with Crippen molar-refractivity contribution >= 4 is 30.5 Å². The van der Waals surface area contributed by atoms with Gasteiger partial charge in [-0.2, -0.15) is 15.3 Å². The third kappa shape index (κ3) is 3.99. The number of carbonyl (C=O) groups is 1. The Balaban J connectivity index is 1.52. The number of rotatable bonds is 5. The maximum Gasteiger partial charge on any atom is 0.259 e. The summed E-state index contributed by atoms with van der Waals surface area (Å²) in [6.07, 6.45) is 1.51. The van der Waals surface area contributed by atoms with E-state index in [1.165, 1.54) is 23.5 Å². The standard InChI is InChI=1S/C22H26FN7O/c1-5-25-30(24-4)19-8-6-7-18(23)20(19)21(31)28-10-16-12-29(13-17(16)11-28)22-26-14(2)9-15(3)27-22/h5-9,16-17H,4,10-13H2,1-3H3/b25-5-/t16-,17+. The number of carbonyl (C=O) groups excluding carboxylic acids is 1. The number of fused-ring (bicyclic) bond motifs is 1. The lowest BCUT2D eigenvalue weighted by atomic mass is 10.0. The summed E-state index contributed by atoms with van der Waals surface area (Å²) in [6, 6.07) is 6.39. The van der Waals surface area contributed by atoms with Gasteiger partial charge in [0, 0.05) is 62.3 Å². The van der Waals surface area contributed by atoms with Crippen LogP contribution in [0.5, 0.6) is 0 Å². The van der Waals surface area contributed by atoms with Crippen LogP contribution in [-0.4, -0.2) is 59.9 Å². The van der Waals surface area contributed by atoms with E-state index in [1.807, 2.05) is 19.9 Å². The minimum absolute atomic E-state index is 0.0324. The summed E-state index contributed by atoms with van der Waals surface area (Å²) in [6.45, 7) is 11.8. The second-order valence-corrected chi connectivity index (χ2v) is 8.02. The number of halogens is 1. The van der Waals surface area contributed by atoms with Gasteiger partial charge in [0.05, 0.1) is 0 Å². The highest BCUT2D eigenvalue weighted by molar-refractivity contribution is 6.00. The molecule has 1 amide bonds. The van der Waals surface area contributed by atoms with Gasteiger partial charge in [-0.05, 0) is 39.0 Å². The van der Waals surface area contributed by atoms with Gasteiger partial charge in [-0.25, -0.2) is 14.4 Å². The summed E-state index contributed by atoms with van der Waals surface area (Å²) in [7, 11) is 0. The van der Waals surface area contributed by atoms with Gasteiger partial charge in [0.15, 0.2) is 0 Å². The van der Waals surface area contributed by atoms with Crippen LogP contribution in [0.15, 0.2) is 34.5 Å². The number of benzene rings is 1. The monoisotopic (exact) mass is 423 g/mol. The number of likely N-dealkylation sites (tertiary alicyclic amines) is 1. The molecular weight excluding hydrogens is 397 g/mol. The van der Waals surface area contributed by atoms with E-state index >= 15 is 0 Å². The average molecular weight is 423 g/mol. The van der Waals surface area contributed by atoms with Crippen LogP contribution >= 0.6 is 0 Å². The summed E-state index contributed by atoms with van der Waals surface area (Å²) >= 11 is 0. The van der Waals surface area contributed by atoms with Crippen LogP contribution in [0.25, 0.3) is 0 Å². The van der Waals surface area contributed by atoms with E-state index in [4.69, 9.17) is 0 Å². The van der Waals surface area contributed by atoms with Crippen molar-refractivity contribution in [3.8, 4) is 0 Å². The first-order chi connectivity index (χ1) is 14.9. The number of hydrogen-bond donors (Lipinski definition) is 0. The lowest BCUT2D eigenvalue weighted by Gasteiger charge is -2.24. The molecule has 2 aliphatic rings. The van der Waals surface area contributed by atoms with Crippen LogP contribution < -0.4 is 10.0 Å². The maximum absolute atomic E-state index is 14.7. The van der Waals surface area contributed by atoms with E-state index in [0.717, 1.165) is 30.4 Å². The predicted octanol–water partition coefficient (Wildman–Crippen LogP) is 2.87. The highest BCUT2D eigenvalue weighted by Crippen LogP contribution is 2.35. The minimum Gasteiger partial charge on any atom is -0.340 e. The molecule has 2 saturated heterocycles. The zero-order valence-corrected chi connectivity index (χ0v) is 18.0. The second kappa shape index (κ2) is 8.41. The Morgan fingerprint density at radius 2 is 1.84 bits per heavy atom. The number of amides is 1. The van der Waals surface area contributed by atoms with E-state index in [2.05, 4.69) is 31.8 Å². The summed E-state index contributed by atoms with van der Waals surface area (Å²) in [5.74, 6) is 0.393. The first-order valence-corrected chi connectivity index (χ1v) is 10.3. The van der Waals surface area contributed by atoms with E-state index in [-0.39, 0.29) is 17.2 Å². The summed E-state index contributed by atoms with van der Waals surface area (Å²) in [5.41, 5.74) is 2.13. The van der Waals surface area contributed by atoms with Gasteiger partial charge in [-0.15, -0.1) is 0 Å². The second-order valence-electron chi connectivity index (χ2n) is 8.02. The lowest BCUT2D eigenvalue weighted by Crippen LogP contribution is -2.35. The Labute approximate surface area is 181 Å². The fourth-order valence-electron chi connectivity index (χ4n) is 4.50. The van der Waals surface area contributed by atoms with Gasteiger partial charge in [0.25, 0.3) is 5.91 Å². The van der Waals surface area contributed by atoms with E-state index in [9.17, 15) is 9.18 Å². The Morgan fingerprint density at radius 3 is 2.42 bits per heavy atom. The zero-order chi connectivity index (χ0) is 22.1. The van der Waals surface area contributed by atoms with Gasteiger partial charge in [0.1, 0.15) is 17.1 Å². The molecular formula is C22H26FN7O. The Hall–Kier alpha value is -3.36. The van der Waals surface area contributed by atoms with Gasteiger partial charge < -0.3 is 9.80 Å². The molecule has 0 N–H and O–H groups in total. The molecule has 0 unspecified atom stereocenters. The first-order valence-electron chi connectivity index (χ1n) is 10.3. The normalized spacial score (nSPS) is 20.4. The Bertz CT molecular complexity index is 1010. The molecule has 9 heteroatoms. The Kier molecular flexibility index (Phi) is 5.67. The van der Waals surface area contributed by atoms with Crippen molar-refractivity contribution < 1.29 is 9.18 Å². The van der Waals surface area contributed by atoms with Gasteiger partial charge in [0.2, 0.25) is 5.95 Å². The molecule has 2 fully saturated rings. The van der Waals surface area contributed by atoms with Crippen LogP contribution in [0.1, 0.15) is 28.7 Å². The molecule has 0 bridgehead atoms. The molecule has 31 heavy (non-hydrogen) atoms. The van der Waals surface area contributed by atoms with Crippen molar-refractivity contribution in [3.63, 3.8) is 0 Å². The molecule has 0 radical (unpaired) electrons. The SMILES string of the molecule is C=NN(/N=C\C)c1cccc(F)c1C(=O)N1C[C@@H]2CN(c3nc(C)cc(C)n3)C[C@@H]2C1. The largest absolute Gasteiger partial charge is 0.340 e. The molecule has 1 aromatic heterocycles. The summed E-state index contributed by atoms with van der Waals surface area (Å²) in [5, 5.41) is 9.03. The molecule has 0 aliphatic carbocycles. The molecule has 4 rings (SSSR count). The van der Waals surface area contributed by atoms with E-state index in [1.54, 1.807) is 17.9 Å². The van der Waals surface area contributed by atoms with Crippen LogP contribution in [0, 0.1) is 31.5 Å². The lowest BCUT2D eigenvalue weighted by molar-refractivity contribution is 0.0778. The highest BCUT2D eigenvalue weighted by atomic mass is 19.1. The topological polar surface area (TPSA) is 77.3 Å². The van der Waals surface area contributed by atoms with Gasteiger partial charge >= 0.3 is 0 Å². The van der Waals surface area contributed by atoms with Gasteiger partial charge in [-0.3, -0.25) is 4.79 Å². The Morgan fingerprint density at radius 1 is 1.19 bits per heavy atom. The van der Waals surface area contributed by atoms with Crippen LogP contribution in [0.4, 0.5) is 16.0 Å². The number of hydrazone groups is 2. The van der Waals surface area contributed by atoms with Crippen molar-refractivity contribution in [2.75, 3.05) is 36.2 Å². The number of hydrogen-bond acceptors (Lipinski definition) is 7. The van der Waals surface area contributed by atoms with Crippen LogP contribution in [0.3, 0.4) is 0 Å². The average Bonchev–Trinajstić information content (AvgIpc) is 3.30. The van der Waals surface area contributed by atoms with Crippen molar-refractivity contribution in [2.45, 2.75) is 20.8 Å². The van der Waals surface area contributed by atoms with E-state index < -0.39 is 5.82 Å². The summed E-state index contributed by atoms with van der Waals surface area (Å²) < 4.78 is 14.7. The summed E-state index contributed by atoms with van der Waals surface area (Å²) in [4.78, 5) is 26.3. The quantitative estimate of drug-likeness (QED) is 0.546. The third-order valence-electron chi connectivity index (χ3n) is 5.81. The number of aromatic nitrogens is 2. The number of anilines is 2. The smallest absolute Gasteiger partial charge is 0.259 e. The molecule has 1 aromatic carbocycles. The van der Waals surface area contributed by atoms with Crippen LogP contribution in [0.2, 0.25) is 0 Å². The fraction of sp³-hybridized carbons (Fsp3) is 0.409. The molecule has 0 saturated carbocycles. The number of aryl methyl sites for hydroxylation is 2. The third-order valence-corrected chi connectivity index (χ3v) is 5.81.